The van der Waals surface area contributed by atoms with Crippen LogP contribution in [0.4, 0.5) is 0 Å². The first-order valence-electron chi connectivity index (χ1n) is 4.39. The minimum atomic E-state index is -0.320. The largest absolute Gasteiger partial charge is 0.382 e. The number of hydrogen-bond donors (Lipinski definition) is 0. The fourth-order valence-corrected chi connectivity index (χ4v) is 0.703. The van der Waals surface area contributed by atoms with Crippen molar-refractivity contribution >= 4 is 0 Å². The zero-order valence-electron chi connectivity index (χ0n) is 8.28. The Kier molecular flexibility index (Phi) is 9.00. The van der Waals surface area contributed by atoms with Crippen LogP contribution < -0.4 is 0 Å². The molecule has 0 fully saturated rings. The Hall–Kier alpha value is -0.630. The van der Waals surface area contributed by atoms with Gasteiger partial charge in [0.15, 0.2) is 0 Å². The van der Waals surface area contributed by atoms with Gasteiger partial charge in [-0.3, -0.25) is 0 Å². The van der Waals surface area contributed by atoms with Crippen LogP contribution >= 0.6 is 0 Å². The van der Waals surface area contributed by atoms with E-state index >= 15 is 0 Å². The SMILES string of the molecule is COCCOCCCOC(C)C#N. The van der Waals surface area contributed by atoms with Crippen molar-refractivity contribution in [1.82, 2.24) is 0 Å². The molecule has 4 heteroatoms. The lowest BCUT2D eigenvalue weighted by Crippen LogP contribution is -2.09. The molecule has 0 aliphatic rings. The van der Waals surface area contributed by atoms with E-state index < -0.39 is 0 Å². The number of nitrogens with zero attached hydrogens (tertiary/aromatic N) is 1. The van der Waals surface area contributed by atoms with E-state index in [0.717, 1.165) is 6.42 Å². The predicted octanol–water partition coefficient (Wildman–Crippen LogP) is 0.968. The number of nitriles is 1. The average Bonchev–Trinajstić information content (AvgIpc) is 2.16. The highest BCUT2D eigenvalue weighted by Crippen LogP contribution is 1.91. The van der Waals surface area contributed by atoms with E-state index in [-0.39, 0.29) is 6.10 Å². The fraction of sp³-hybridized carbons (Fsp3) is 0.889. The molecule has 13 heavy (non-hydrogen) atoms. The normalized spacial score (nSPS) is 12.4. The summed E-state index contributed by atoms with van der Waals surface area (Å²) in [6, 6.07) is 1.99. The molecule has 0 spiro atoms. The van der Waals surface area contributed by atoms with Crippen molar-refractivity contribution in [2.75, 3.05) is 33.5 Å². The second kappa shape index (κ2) is 9.46. The van der Waals surface area contributed by atoms with Gasteiger partial charge in [0.05, 0.1) is 25.9 Å². The summed E-state index contributed by atoms with van der Waals surface area (Å²) < 4.78 is 15.1. The highest BCUT2D eigenvalue weighted by Gasteiger charge is 1.97. The molecule has 0 aromatic heterocycles. The minimum Gasteiger partial charge on any atom is -0.382 e. The van der Waals surface area contributed by atoms with Crippen LogP contribution in [0.1, 0.15) is 13.3 Å². The fourth-order valence-electron chi connectivity index (χ4n) is 0.703. The summed E-state index contributed by atoms with van der Waals surface area (Å²) in [6.07, 6.45) is 0.495. The van der Waals surface area contributed by atoms with Crippen molar-refractivity contribution in [2.24, 2.45) is 0 Å². The Bertz CT molecular complexity index is 144. The Morgan fingerprint density at radius 1 is 1.23 bits per heavy atom. The molecule has 0 aliphatic heterocycles. The maximum atomic E-state index is 8.38. The number of hydrogen-bond acceptors (Lipinski definition) is 4. The molecule has 76 valence electrons. The van der Waals surface area contributed by atoms with Crippen molar-refractivity contribution < 1.29 is 14.2 Å². The van der Waals surface area contributed by atoms with Gasteiger partial charge >= 0.3 is 0 Å². The van der Waals surface area contributed by atoms with Gasteiger partial charge in [0.1, 0.15) is 6.10 Å². The van der Waals surface area contributed by atoms with E-state index in [2.05, 4.69) is 0 Å². The van der Waals surface area contributed by atoms with E-state index in [0.29, 0.717) is 26.4 Å². The van der Waals surface area contributed by atoms with Crippen molar-refractivity contribution in [3.8, 4) is 6.07 Å². The van der Waals surface area contributed by atoms with Gasteiger partial charge in [-0.1, -0.05) is 0 Å². The first kappa shape index (κ1) is 12.4. The van der Waals surface area contributed by atoms with E-state index in [9.17, 15) is 0 Å². The maximum absolute atomic E-state index is 8.38. The predicted molar refractivity (Wildman–Crippen MR) is 48.3 cm³/mol. The molecule has 0 radical (unpaired) electrons. The van der Waals surface area contributed by atoms with Crippen LogP contribution in [0.25, 0.3) is 0 Å². The van der Waals surface area contributed by atoms with Crippen molar-refractivity contribution in [3.05, 3.63) is 0 Å². The molecule has 0 rings (SSSR count). The highest BCUT2D eigenvalue weighted by atomic mass is 16.5. The van der Waals surface area contributed by atoms with Crippen molar-refractivity contribution in [1.29, 1.82) is 5.26 Å². The smallest absolute Gasteiger partial charge is 0.141 e. The number of ether oxygens (including phenoxy) is 3. The zero-order valence-corrected chi connectivity index (χ0v) is 8.28. The first-order valence-corrected chi connectivity index (χ1v) is 4.39. The Balaban J connectivity index is 2.96. The van der Waals surface area contributed by atoms with Crippen LogP contribution in [0.2, 0.25) is 0 Å². The van der Waals surface area contributed by atoms with Gasteiger partial charge in [-0.05, 0) is 13.3 Å². The third-order valence-corrected chi connectivity index (χ3v) is 1.41. The summed E-state index contributed by atoms with van der Waals surface area (Å²) in [4.78, 5) is 0. The number of methoxy groups -OCH3 is 1. The van der Waals surface area contributed by atoms with Gasteiger partial charge in [-0.25, -0.2) is 0 Å². The second-order valence-corrected chi connectivity index (χ2v) is 2.60. The Morgan fingerprint density at radius 2 is 2.00 bits per heavy atom. The van der Waals surface area contributed by atoms with Gasteiger partial charge in [0.25, 0.3) is 0 Å². The Labute approximate surface area is 79.4 Å². The molecule has 0 N–H and O–H groups in total. The summed E-state index contributed by atoms with van der Waals surface area (Å²) in [5.74, 6) is 0. The molecule has 0 aromatic rings. The summed E-state index contributed by atoms with van der Waals surface area (Å²) in [5, 5.41) is 8.38. The molecule has 0 amide bonds. The third kappa shape index (κ3) is 9.28. The van der Waals surface area contributed by atoms with Crippen LogP contribution in [-0.4, -0.2) is 39.6 Å². The molecule has 1 atom stereocenters. The minimum absolute atomic E-state index is 0.320. The standard InChI is InChI=1S/C9H17NO3/c1-9(8-10)13-5-3-4-12-7-6-11-2/h9H,3-7H2,1-2H3. The summed E-state index contributed by atoms with van der Waals surface area (Å²) in [7, 11) is 1.64. The molecular formula is C9H17NO3. The van der Waals surface area contributed by atoms with Gasteiger partial charge in [0, 0.05) is 13.7 Å². The van der Waals surface area contributed by atoms with Crippen LogP contribution in [0.3, 0.4) is 0 Å². The topological polar surface area (TPSA) is 51.5 Å². The highest BCUT2D eigenvalue weighted by molar-refractivity contribution is 4.78. The first-order chi connectivity index (χ1) is 6.31. The molecule has 0 saturated heterocycles. The van der Waals surface area contributed by atoms with Crippen molar-refractivity contribution in [2.45, 2.75) is 19.4 Å². The van der Waals surface area contributed by atoms with Crippen molar-refractivity contribution in [3.63, 3.8) is 0 Å². The van der Waals surface area contributed by atoms with E-state index in [1.54, 1.807) is 14.0 Å². The van der Waals surface area contributed by atoms with Gasteiger partial charge in [0.2, 0.25) is 0 Å². The lowest BCUT2D eigenvalue weighted by atomic mass is 10.4. The lowest BCUT2D eigenvalue weighted by Gasteiger charge is -2.05. The van der Waals surface area contributed by atoms with Crippen LogP contribution in [0.15, 0.2) is 0 Å². The molecule has 0 saturated carbocycles. The monoisotopic (exact) mass is 187 g/mol. The Morgan fingerprint density at radius 3 is 2.62 bits per heavy atom. The molecular weight excluding hydrogens is 170 g/mol. The molecule has 0 aromatic carbocycles. The van der Waals surface area contributed by atoms with Crippen LogP contribution in [0, 0.1) is 11.3 Å². The van der Waals surface area contributed by atoms with Crippen LogP contribution in [0.5, 0.6) is 0 Å². The van der Waals surface area contributed by atoms with Crippen LogP contribution in [-0.2, 0) is 14.2 Å². The summed E-state index contributed by atoms with van der Waals surface area (Å²) >= 11 is 0. The average molecular weight is 187 g/mol. The lowest BCUT2D eigenvalue weighted by molar-refractivity contribution is 0.0439. The summed E-state index contributed by atoms with van der Waals surface area (Å²) in [5.41, 5.74) is 0. The van der Waals surface area contributed by atoms with E-state index in [1.165, 1.54) is 0 Å². The molecule has 4 nitrogen and oxygen atoms in total. The molecule has 0 heterocycles. The quantitative estimate of drug-likeness (QED) is 0.531. The van der Waals surface area contributed by atoms with E-state index in [4.69, 9.17) is 19.5 Å². The molecule has 0 aliphatic carbocycles. The molecule has 0 bridgehead atoms. The van der Waals surface area contributed by atoms with Gasteiger partial charge < -0.3 is 14.2 Å². The van der Waals surface area contributed by atoms with Gasteiger partial charge in [-0.2, -0.15) is 5.26 Å². The third-order valence-electron chi connectivity index (χ3n) is 1.41. The maximum Gasteiger partial charge on any atom is 0.141 e. The summed E-state index contributed by atoms with van der Waals surface area (Å²) in [6.45, 7) is 4.19. The zero-order chi connectivity index (χ0) is 9.94. The number of rotatable bonds is 8. The second-order valence-electron chi connectivity index (χ2n) is 2.60. The van der Waals surface area contributed by atoms with E-state index in [1.807, 2.05) is 6.07 Å². The van der Waals surface area contributed by atoms with Gasteiger partial charge in [-0.15, -0.1) is 0 Å². The molecule has 1 unspecified atom stereocenters.